The molecule has 0 radical (unpaired) electrons. The van der Waals surface area contributed by atoms with E-state index < -0.39 is 5.97 Å². The molecule has 0 aliphatic heterocycles. The molecule has 0 unspecified atom stereocenters. The zero-order chi connectivity index (χ0) is 13.1. The molecule has 1 aromatic heterocycles. The minimum atomic E-state index is -0.645. The van der Waals surface area contributed by atoms with Crippen LogP contribution in [0.25, 0.3) is 0 Å². The number of aromatic nitrogens is 2. The molecular formula is C12H13N3O3. The first-order valence-electron chi connectivity index (χ1n) is 5.39. The number of rotatable bonds is 3. The number of nitrogens with zero attached hydrogens (tertiary/aromatic N) is 2. The summed E-state index contributed by atoms with van der Waals surface area (Å²) >= 11 is 0. The van der Waals surface area contributed by atoms with Gasteiger partial charge in [0.05, 0.1) is 0 Å². The van der Waals surface area contributed by atoms with Crippen LogP contribution in [0.5, 0.6) is 0 Å². The number of aryl methyl sites for hydroxylation is 2. The van der Waals surface area contributed by atoms with Gasteiger partial charge in [-0.15, -0.1) is 0 Å². The Morgan fingerprint density at radius 1 is 1.39 bits per heavy atom. The van der Waals surface area contributed by atoms with Crippen molar-refractivity contribution >= 4 is 11.8 Å². The van der Waals surface area contributed by atoms with Crippen LogP contribution in [0.4, 0.5) is 5.82 Å². The highest BCUT2D eigenvalue weighted by molar-refractivity contribution is 5.91. The average Bonchev–Trinajstić information content (AvgIpc) is 2.74. The molecule has 6 heteroatoms. The first-order valence-corrected chi connectivity index (χ1v) is 5.39. The van der Waals surface area contributed by atoms with Gasteiger partial charge in [0, 0.05) is 0 Å². The van der Waals surface area contributed by atoms with Crippen LogP contribution in [0.15, 0.2) is 22.8 Å². The van der Waals surface area contributed by atoms with E-state index in [-0.39, 0.29) is 18.1 Å². The summed E-state index contributed by atoms with van der Waals surface area (Å²) in [5.74, 6) is -0.714. The van der Waals surface area contributed by atoms with Crippen molar-refractivity contribution in [3.05, 3.63) is 40.6 Å². The summed E-state index contributed by atoms with van der Waals surface area (Å²) in [6.45, 7) is 4.13. The van der Waals surface area contributed by atoms with Gasteiger partial charge in [-0.2, -0.15) is 0 Å². The molecule has 6 nitrogen and oxygen atoms in total. The Kier molecular flexibility index (Phi) is 3.27. The number of esters is 1. The monoisotopic (exact) mass is 247 g/mol. The number of ether oxygens (including phenoxy) is 1. The summed E-state index contributed by atoms with van der Waals surface area (Å²) < 4.78 is 9.42. The van der Waals surface area contributed by atoms with E-state index in [1.54, 1.807) is 0 Å². The van der Waals surface area contributed by atoms with Crippen LogP contribution < -0.4 is 5.73 Å². The van der Waals surface area contributed by atoms with Gasteiger partial charge < -0.3 is 10.5 Å². The van der Waals surface area contributed by atoms with Crippen LogP contribution >= 0.6 is 0 Å². The molecule has 2 N–H and O–H groups in total. The maximum Gasteiger partial charge on any atom is 0.364 e. The number of carbonyl (C=O) groups is 1. The van der Waals surface area contributed by atoms with Crippen LogP contribution in [-0.2, 0) is 11.3 Å². The first kappa shape index (κ1) is 12.1. The third-order valence-electron chi connectivity index (χ3n) is 2.56. The molecule has 0 aliphatic carbocycles. The van der Waals surface area contributed by atoms with Gasteiger partial charge in [-0.1, -0.05) is 23.8 Å². The molecule has 94 valence electrons. The zero-order valence-corrected chi connectivity index (χ0v) is 10.1. The maximum absolute atomic E-state index is 11.6. The van der Waals surface area contributed by atoms with Crippen LogP contribution in [-0.4, -0.2) is 16.3 Å². The lowest BCUT2D eigenvalue weighted by molar-refractivity contribution is 0.0460. The average molecular weight is 247 g/mol. The predicted molar refractivity (Wildman–Crippen MR) is 63.7 cm³/mol. The minimum Gasteiger partial charge on any atom is -0.456 e. The molecule has 0 atom stereocenters. The van der Waals surface area contributed by atoms with Crippen molar-refractivity contribution in [3.8, 4) is 0 Å². The molecule has 1 aromatic carbocycles. The molecule has 0 amide bonds. The number of hydrogen-bond acceptors (Lipinski definition) is 6. The number of anilines is 1. The zero-order valence-electron chi connectivity index (χ0n) is 10.1. The standard InChI is InChI=1S/C12H13N3O3/c1-7-3-4-9(8(2)5-7)6-17-12(16)10-11(13)15-18-14-10/h3-5H,6H2,1-2H3,(H2,13,15). The highest BCUT2D eigenvalue weighted by Gasteiger charge is 2.17. The lowest BCUT2D eigenvalue weighted by atomic mass is 10.1. The van der Waals surface area contributed by atoms with Gasteiger partial charge in [-0.3, -0.25) is 0 Å². The van der Waals surface area contributed by atoms with Crippen LogP contribution in [0.3, 0.4) is 0 Å². The molecule has 0 aliphatic rings. The Labute approximate surface area is 104 Å². The molecule has 1 heterocycles. The second kappa shape index (κ2) is 4.87. The summed E-state index contributed by atoms with van der Waals surface area (Å²) in [6.07, 6.45) is 0. The first-order chi connectivity index (χ1) is 8.58. The molecular weight excluding hydrogens is 234 g/mol. The minimum absolute atomic E-state index is 0.0689. The van der Waals surface area contributed by atoms with Gasteiger partial charge in [-0.25, -0.2) is 9.42 Å². The summed E-state index contributed by atoms with van der Waals surface area (Å²) in [6, 6.07) is 5.90. The number of nitrogen functional groups attached to an aromatic ring is 1. The van der Waals surface area contributed by atoms with E-state index in [9.17, 15) is 4.79 Å². The van der Waals surface area contributed by atoms with E-state index in [1.165, 1.54) is 0 Å². The van der Waals surface area contributed by atoms with E-state index >= 15 is 0 Å². The number of benzene rings is 1. The second-order valence-corrected chi connectivity index (χ2v) is 4.00. The molecule has 0 bridgehead atoms. The van der Waals surface area contributed by atoms with Gasteiger partial charge in [0.25, 0.3) is 0 Å². The lowest BCUT2D eigenvalue weighted by Crippen LogP contribution is -2.08. The Bertz CT molecular complexity index is 578. The highest BCUT2D eigenvalue weighted by Crippen LogP contribution is 2.13. The Balaban J connectivity index is 2.04. The normalized spacial score (nSPS) is 10.3. The van der Waals surface area contributed by atoms with Gasteiger partial charge >= 0.3 is 5.97 Å². The predicted octanol–water partition coefficient (Wildman–Crippen LogP) is 1.63. The highest BCUT2D eigenvalue weighted by atomic mass is 16.6. The van der Waals surface area contributed by atoms with Gasteiger partial charge in [0.1, 0.15) is 6.61 Å². The molecule has 0 saturated carbocycles. The molecule has 0 spiro atoms. The fraction of sp³-hybridized carbons (Fsp3) is 0.250. The fourth-order valence-electron chi connectivity index (χ4n) is 1.56. The quantitative estimate of drug-likeness (QED) is 0.829. The van der Waals surface area contributed by atoms with Crippen molar-refractivity contribution in [1.29, 1.82) is 0 Å². The van der Waals surface area contributed by atoms with Crippen molar-refractivity contribution in [1.82, 2.24) is 10.3 Å². The van der Waals surface area contributed by atoms with Crippen LogP contribution in [0, 0.1) is 13.8 Å². The summed E-state index contributed by atoms with van der Waals surface area (Å²) in [5.41, 5.74) is 8.45. The molecule has 2 aromatic rings. The van der Waals surface area contributed by atoms with Gasteiger partial charge in [0.15, 0.2) is 0 Å². The molecule has 2 rings (SSSR count). The van der Waals surface area contributed by atoms with Crippen LogP contribution in [0.1, 0.15) is 27.2 Å². The van der Waals surface area contributed by atoms with Crippen molar-refractivity contribution in [3.63, 3.8) is 0 Å². The van der Waals surface area contributed by atoms with Crippen LogP contribution in [0.2, 0.25) is 0 Å². The molecule has 18 heavy (non-hydrogen) atoms. The number of hydrogen-bond donors (Lipinski definition) is 1. The summed E-state index contributed by atoms with van der Waals surface area (Å²) in [5, 5.41) is 6.69. The van der Waals surface area contributed by atoms with Gasteiger partial charge in [0.2, 0.25) is 11.5 Å². The molecule has 0 fully saturated rings. The topological polar surface area (TPSA) is 91.2 Å². The van der Waals surface area contributed by atoms with Crippen molar-refractivity contribution in [2.45, 2.75) is 20.5 Å². The third-order valence-corrected chi connectivity index (χ3v) is 2.56. The maximum atomic E-state index is 11.6. The Hall–Kier alpha value is -2.37. The van der Waals surface area contributed by atoms with Crippen molar-refractivity contribution in [2.24, 2.45) is 0 Å². The fourth-order valence-corrected chi connectivity index (χ4v) is 1.56. The van der Waals surface area contributed by atoms with Gasteiger partial charge in [-0.05, 0) is 35.3 Å². The Morgan fingerprint density at radius 3 is 2.78 bits per heavy atom. The van der Waals surface area contributed by atoms with Crippen molar-refractivity contribution in [2.75, 3.05) is 5.73 Å². The van der Waals surface area contributed by atoms with E-state index in [0.717, 1.165) is 16.7 Å². The SMILES string of the molecule is Cc1ccc(COC(=O)c2nonc2N)c(C)c1. The number of carbonyl (C=O) groups excluding carboxylic acids is 1. The van der Waals surface area contributed by atoms with E-state index in [2.05, 4.69) is 14.9 Å². The van der Waals surface area contributed by atoms with E-state index in [4.69, 9.17) is 10.5 Å². The van der Waals surface area contributed by atoms with Crippen molar-refractivity contribution < 1.29 is 14.2 Å². The largest absolute Gasteiger partial charge is 0.456 e. The van der Waals surface area contributed by atoms with E-state index in [0.29, 0.717) is 0 Å². The second-order valence-electron chi connectivity index (χ2n) is 4.00. The lowest BCUT2D eigenvalue weighted by Gasteiger charge is -2.07. The summed E-state index contributed by atoms with van der Waals surface area (Å²) in [4.78, 5) is 11.6. The molecule has 0 saturated heterocycles. The van der Waals surface area contributed by atoms with E-state index in [1.807, 2.05) is 32.0 Å². The Morgan fingerprint density at radius 2 is 2.17 bits per heavy atom. The number of nitrogens with two attached hydrogens (primary N) is 1. The smallest absolute Gasteiger partial charge is 0.364 e. The third kappa shape index (κ3) is 2.48. The summed E-state index contributed by atoms with van der Waals surface area (Å²) in [7, 11) is 0.